The van der Waals surface area contributed by atoms with Gasteiger partial charge in [0.2, 0.25) is 5.91 Å². The molecule has 0 aliphatic rings. The Morgan fingerprint density at radius 1 is 1.56 bits per heavy atom. The molecule has 1 heterocycles. The van der Waals surface area contributed by atoms with Gasteiger partial charge in [-0.05, 0) is 25.5 Å². The molecule has 0 aromatic carbocycles. The minimum absolute atomic E-state index is 0.139. The molecule has 0 bridgehead atoms. The van der Waals surface area contributed by atoms with Crippen molar-refractivity contribution in [1.29, 1.82) is 0 Å². The van der Waals surface area contributed by atoms with Crippen molar-refractivity contribution in [3.63, 3.8) is 0 Å². The molecule has 1 rings (SSSR count). The summed E-state index contributed by atoms with van der Waals surface area (Å²) in [6.07, 6.45) is 1.86. The fourth-order valence-electron chi connectivity index (χ4n) is 1.44. The molecule has 0 saturated heterocycles. The number of furan rings is 1. The molecule has 1 unspecified atom stereocenters. The highest BCUT2D eigenvalue weighted by Crippen LogP contribution is 2.21. The van der Waals surface area contributed by atoms with Gasteiger partial charge in [-0.1, -0.05) is 0 Å². The average molecular weight is 225 g/mol. The topological polar surface area (TPSA) is 79.5 Å². The summed E-state index contributed by atoms with van der Waals surface area (Å²) in [7, 11) is 0. The van der Waals surface area contributed by atoms with Crippen LogP contribution in [0.2, 0.25) is 0 Å². The summed E-state index contributed by atoms with van der Waals surface area (Å²) in [5.74, 6) is -1.48. The number of hydrogen-bond acceptors (Lipinski definition) is 3. The zero-order valence-corrected chi connectivity index (χ0v) is 9.10. The van der Waals surface area contributed by atoms with E-state index in [1.165, 1.54) is 6.26 Å². The Balaban J connectivity index is 2.54. The van der Waals surface area contributed by atoms with Crippen molar-refractivity contribution in [3.8, 4) is 0 Å². The van der Waals surface area contributed by atoms with Gasteiger partial charge in [0.25, 0.3) is 0 Å². The highest BCUT2D eigenvalue weighted by Gasteiger charge is 2.23. The van der Waals surface area contributed by atoms with Gasteiger partial charge in [0.1, 0.15) is 11.7 Å². The first kappa shape index (κ1) is 12.3. The molecule has 88 valence electrons. The van der Waals surface area contributed by atoms with Crippen molar-refractivity contribution >= 4 is 11.9 Å². The number of amides is 1. The minimum atomic E-state index is -0.973. The van der Waals surface area contributed by atoms with Crippen LogP contribution in [0.4, 0.5) is 0 Å². The molecule has 0 aliphatic heterocycles. The zero-order chi connectivity index (χ0) is 12.0. The van der Waals surface area contributed by atoms with Gasteiger partial charge >= 0.3 is 5.97 Å². The maximum atomic E-state index is 11.2. The second-order valence-electron chi connectivity index (χ2n) is 3.40. The van der Waals surface area contributed by atoms with Crippen molar-refractivity contribution < 1.29 is 19.1 Å². The van der Waals surface area contributed by atoms with Crippen molar-refractivity contribution in [2.45, 2.75) is 25.7 Å². The summed E-state index contributed by atoms with van der Waals surface area (Å²) in [5.41, 5.74) is 0. The van der Waals surface area contributed by atoms with E-state index in [0.717, 1.165) is 0 Å². The van der Waals surface area contributed by atoms with Gasteiger partial charge in [0.15, 0.2) is 0 Å². The largest absolute Gasteiger partial charge is 0.481 e. The van der Waals surface area contributed by atoms with Crippen LogP contribution in [0.15, 0.2) is 22.8 Å². The predicted molar refractivity (Wildman–Crippen MR) is 57.0 cm³/mol. The van der Waals surface area contributed by atoms with Crippen LogP contribution in [-0.2, 0) is 9.59 Å². The van der Waals surface area contributed by atoms with E-state index in [-0.39, 0.29) is 18.7 Å². The van der Waals surface area contributed by atoms with E-state index in [2.05, 4.69) is 5.32 Å². The van der Waals surface area contributed by atoms with E-state index in [1.807, 2.05) is 6.92 Å². The fraction of sp³-hybridized carbons (Fsp3) is 0.455. The lowest BCUT2D eigenvalue weighted by Gasteiger charge is -2.08. The molecule has 0 aliphatic carbocycles. The molecule has 0 saturated carbocycles. The zero-order valence-electron chi connectivity index (χ0n) is 9.10. The minimum Gasteiger partial charge on any atom is -0.481 e. The highest BCUT2D eigenvalue weighted by atomic mass is 16.4. The molecule has 1 aromatic heterocycles. The highest BCUT2D eigenvalue weighted by molar-refractivity contribution is 5.79. The second kappa shape index (κ2) is 5.95. The number of carboxylic acids is 1. The SMILES string of the molecule is CCNC(=O)CCC(C(=O)O)c1ccco1. The number of aliphatic carboxylic acids is 1. The molecule has 0 radical (unpaired) electrons. The number of carbonyl (C=O) groups is 2. The molecule has 1 amide bonds. The summed E-state index contributed by atoms with van der Waals surface area (Å²) < 4.78 is 5.04. The average Bonchev–Trinajstić information content (AvgIpc) is 2.71. The fourth-order valence-corrected chi connectivity index (χ4v) is 1.44. The Labute approximate surface area is 93.4 Å². The third-order valence-corrected chi connectivity index (χ3v) is 2.22. The molecule has 5 nitrogen and oxygen atoms in total. The lowest BCUT2D eigenvalue weighted by Crippen LogP contribution is -2.23. The van der Waals surface area contributed by atoms with Crippen LogP contribution < -0.4 is 5.32 Å². The van der Waals surface area contributed by atoms with Crippen LogP contribution in [0, 0.1) is 0 Å². The Morgan fingerprint density at radius 2 is 2.31 bits per heavy atom. The standard InChI is InChI=1S/C11H15NO4/c1-2-12-10(13)6-5-8(11(14)15)9-4-3-7-16-9/h3-4,7-8H,2,5-6H2,1H3,(H,12,13)(H,14,15). The molecule has 16 heavy (non-hydrogen) atoms. The van der Waals surface area contributed by atoms with Gasteiger partial charge in [-0.2, -0.15) is 0 Å². The quantitative estimate of drug-likeness (QED) is 0.766. The summed E-state index contributed by atoms with van der Waals surface area (Å²) in [6.45, 7) is 2.37. The van der Waals surface area contributed by atoms with E-state index in [9.17, 15) is 9.59 Å². The van der Waals surface area contributed by atoms with Crippen LogP contribution in [-0.4, -0.2) is 23.5 Å². The van der Waals surface area contributed by atoms with E-state index in [4.69, 9.17) is 9.52 Å². The Bertz CT molecular complexity index is 345. The van der Waals surface area contributed by atoms with Crippen molar-refractivity contribution in [1.82, 2.24) is 5.32 Å². The van der Waals surface area contributed by atoms with E-state index in [1.54, 1.807) is 12.1 Å². The van der Waals surface area contributed by atoms with Crippen LogP contribution >= 0.6 is 0 Å². The van der Waals surface area contributed by atoms with Crippen molar-refractivity contribution in [2.24, 2.45) is 0 Å². The lowest BCUT2D eigenvalue weighted by atomic mass is 10.0. The first-order valence-electron chi connectivity index (χ1n) is 5.18. The molecule has 2 N–H and O–H groups in total. The van der Waals surface area contributed by atoms with Gasteiger partial charge in [0.05, 0.1) is 6.26 Å². The Kier molecular flexibility index (Phi) is 4.57. The first-order valence-corrected chi connectivity index (χ1v) is 5.18. The summed E-state index contributed by atoms with van der Waals surface area (Å²) >= 11 is 0. The second-order valence-corrected chi connectivity index (χ2v) is 3.40. The van der Waals surface area contributed by atoms with E-state index < -0.39 is 11.9 Å². The van der Waals surface area contributed by atoms with Crippen LogP contribution in [0.1, 0.15) is 31.4 Å². The number of hydrogen-bond donors (Lipinski definition) is 2. The first-order chi connectivity index (χ1) is 7.65. The summed E-state index contributed by atoms with van der Waals surface area (Å²) in [5, 5.41) is 11.6. The number of rotatable bonds is 6. The molecule has 1 aromatic rings. The van der Waals surface area contributed by atoms with Gasteiger partial charge in [-0.15, -0.1) is 0 Å². The van der Waals surface area contributed by atoms with Gasteiger partial charge in [-0.3, -0.25) is 9.59 Å². The van der Waals surface area contributed by atoms with E-state index in [0.29, 0.717) is 12.3 Å². The van der Waals surface area contributed by atoms with Crippen LogP contribution in [0.5, 0.6) is 0 Å². The number of carbonyl (C=O) groups excluding carboxylic acids is 1. The van der Waals surface area contributed by atoms with Crippen LogP contribution in [0.3, 0.4) is 0 Å². The summed E-state index contributed by atoms with van der Waals surface area (Å²) in [4.78, 5) is 22.2. The molecule has 0 fully saturated rings. The van der Waals surface area contributed by atoms with Gasteiger partial charge in [0, 0.05) is 13.0 Å². The maximum Gasteiger partial charge on any atom is 0.314 e. The molecule has 1 atom stereocenters. The third kappa shape index (κ3) is 3.42. The van der Waals surface area contributed by atoms with Gasteiger partial charge < -0.3 is 14.8 Å². The monoisotopic (exact) mass is 225 g/mol. The lowest BCUT2D eigenvalue weighted by molar-refractivity contribution is -0.139. The van der Waals surface area contributed by atoms with Crippen molar-refractivity contribution in [2.75, 3.05) is 6.54 Å². The normalized spacial score (nSPS) is 12.1. The van der Waals surface area contributed by atoms with Crippen LogP contribution in [0.25, 0.3) is 0 Å². The van der Waals surface area contributed by atoms with Crippen molar-refractivity contribution in [3.05, 3.63) is 24.2 Å². The molecule has 5 heteroatoms. The summed E-state index contributed by atoms with van der Waals surface area (Å²) in [6, 6.07) is 3.24. The molecule has 0 spiro atoms. The Hall–Kier alpha value is -1.78. The third-order valence-electron chi connectivity index (χ3n) is 2.22. The molecular formula is C11H15NO4. The number of carboxylic acid groups (broad SMARTS) is 1. The maximum absolute atomic E-state index is 11.2. The van der Waals surface area contributed by atoms with E-state index >= 15 is 0 Å². The number of nitrogens with one attached hydrogen (secondary N) is 1. The predicted octanol–water partition coefficient (Wildman–Crippen LogP) is 1.36. The Morgan fingerprint density at radius 3 is 2.81 bits per heavy atom. The molecular weight excluding hydrogens is 210 g/mol. The smallest absolute Gasteiger partial charge is 0.314 e. The van der Waals surface area contributed by atoms with Gasteiger partial charge in [-0.25, -0.2) is 0 Å².